The Hall–Kier alpha value is -3.38. The number of aryl methyl sites for hydroxylation is 1. The van der Waals surface area contributed by atoms with Crippen LogP contribution in [0.3, 0.4) is 0 Å². The molecule has 0 fully saturated rings. The minimum atomic E-state index is -0.618. The molecule has 1 heterocycles. The number of hydrogen-bond donors (Lipinski definition) is 0. The molecule has 0 saturated heterocycles. The van der Waals surface area contributed by atoms with Crippen molar-refractivity contribution < 1.29 is 14.3 Å². The van der Waals surface area contributed by atoms with E-state index in [1.165, 1.54) is 11.0 Å². The third-order valence-corrected chi connectivity index (χ3v) is 5.10. The number of carbonyl (C=O) groups excluding carboxylic acids is 2. The highest BCUT2D eigenvalue weighted by Crippen LogP contribution is 2.22. The van der Waals surface area contributed by atoms with Crippen molar-refractivity contribution >= 4 is 29.6 Å². The number of hydrogen-bond acceptors (Lipinski definition) is 4. The van der Waals surface area contributed by atoms with Gasteiger partial charge in [-0.05, 0) is 24.1 Å². The van der Waals surface area contributed by atoms with E-state index < -0.39 is 5.97 Å². The van der Waals surface area contributed by atoms with Gasteiger partial charge in [-0.15, -0.1) is 0 Å². The molecule has 0 aliphatic rings. The molecule has 0 spiro atoms. The fourth-order valence-corrected chi connectivity index (χ4v) is 3.30. The maximum Gasteiger partial charge on any atom is 0.331 e. The van der Waals surface area contributed by atoms with E-state index >= 15 is 0 Å². The first-order valence-corrected chi connectivity index (χ1v) is 10.2. The first-order chi connectivity index (χ1) is 14.9. The molecular weight excluding hydrogens is 414 g/mol. The molecular formula is C24H24ClN3O3. The summed E-state index contributed by atoms with van der Waals surface area (Å²) in [6.07, 6.45) is 2.82. The van der Waals surface area contributed by atoms with Crippen LogP contribution in [0, 0.1) is 6.92 Å². The van der Waals surface area contributed by atoms with Crippen LogP contribution in [0.5, 0.6) is 0 Å². The Bertz CT molecular complexity index is 1060. The molecule has 0 radical (unpaired) electrons. The van der Waals surface area contributed by atoms with E-state index in [1.807, 2.05) is 67.6 Å². The van der Waals surface area contributed by atoms with E-state index in [-0.39, 0.29) is 12.5 Å². The minimum absolute atomic E-state index is 0.282. The Morgan fingerprint density at radius 1 is 1.06 bits per heavy atom. The number of ether oxygens (including phenoxy) is 1. The Balaban J connectivity index is 1.54. The summed E-state index contributed by atoms with van der Waals surface area (Å²) in [6.45, 7) is 2.47. The fraction of sp³-hybridized carbons (Fsp3) is 0.208. The molecule has 1 aromatic heterocycles. The van der Waals surface area contributed by atoms with E-state index in [9.17, 15) is 9.59 Å². The number of nitrogens with zero attached hydrogens (tertiary/aromatic N) is 3. The second kappa shape index (κ2) is 10.6. The second-order valence-corrected chi connectivity index (χ2v) is 7.47. The van der Waals surface area contributed by atoms with Gasteiger partial charge in [-0.25, -0.2) is 9.48 Å². The number of esters is 1. The van der Waals surface area contributed by atoms with Gasteiger partial charge in [0.1, 0.15) is 5.15 Å². The van der Waals surface area contributed by atoms with Crippen molar-refractivity contribution in [3.8, 4) is 0 Å². The molecule has 31 heavy (non-hydrogen) atoms. The van der Waals surface area contributed by atoms with Crippen molar-refractivity contribution in [2.45, 2.75) is 20.0 Å². The summed E-state index contributed by atoms with van der Waals surface area (Å²) in [5.41, 5.74) is 3.41. The Morgan fingerprint density at radius 3 is 2.32 bits per heavy atom. The van der Waals surface area contributed by atoms with Gasteiger partial charge in [0.15, 0.2) is 6.61 Å². The number of likely N-dealkylation sites (N-methyl/N-ethyl adjacent to an activating group) is 1. The zero-order valence-electron chi connectivity index (χ0n) is 17.5. The first kappa shape index (κ1) is 22.3. The van der Waals surface area contributed by atoms with E-state index in [1.54, 1.807) is 17.8 Å². The zero-order valence-corrected chi connectivity index (χ0v) is 18.2. The quantitative estimate of drug-likeness (QED) is 0.393. The van der Waals surface area contributed by atoms with Gasteiger partial charge in [0.25, 0.3) is 5.91 Å². The van der Waals surface area contributed by atoms with Crippen LogP contribution in [0.2, 0.25) is 5.15 Å². The largest absolute Gasteiger partial charge is 0.452 e. The molecule has 0 bridgehead atoms. The van der Waals surface area contributed by atoms with Crippen LogP contribution in [0.25, 0.3) is 6.08 Å². The van der Waals surface area contributed by atoms with Gasteiger partial charge in [0, 0.05) is 25.2 Å². The fourth-order valence-electron chi connectivity index (χ4n) is 3.01. The van der Waals surface area contributed by atoms with Gasteiger partial charge in [-0.2, -0.15) is 5.10 Å². The summed E-state index contributed by atoms with van der Waals surface area (Å²) in [7, 11) is 1.67. The lowest BCUT2D eigenvalue weighted by Gasteiger charge is -2.16. The van der Waals surface area contributed by atoms with E-state index in [0.29, 0.717) is 29.5 Å². The molecule has 7 heteroatoms. The van der Waals surface area contributed by atoms with Crippen LogP contribution in [0.1, 0.15) is 22.4 Å². The first-order valence-electron chi connectivity index (χ1n) is 9.83. The van der Waals surface area contributed by atoms with Crippen LogP contribution in [0.4, 0.5) is 0 Å². The number of amides is 1. The van der Waals surface area contributed by atoms with Gasteiger partial charge in [0.05, 0.1) is 12.2 Å². The predicted octanol–water partition coefficient (Wildman–Crippen LogP) is 4.11. The van der Waals surface area contributed by atoms with E-state index in [0.717, 1.165) is 11.1 Å². The lowest BCUT2D eigenvalue weighted by atomic mass is 10.2. The van der Waals surface area contributed by atoms with Crippen LogP contribution in [-0.4, -0.2) is 40.2 Å². The molecule has 0 aliphatic heterocycles. The summed E-state index contributed by atoms with van der Waals surface area (Å²) in [5.74, 6) is -0.900. The van der Waals surface area contributed by atoms with E-state index in [4.69, 9.17) is 16.3 Å². The highest BCUT2D eigenvalue weighted by Gasteiger charge is 2.14. The van der Waals surface area contributed by atoms with Crippen molar-refractivity contribution in [1.82, 2.24) is 14.7 Å². The van der Waals surface area contributed by atoms with Crippen molar-refractivity contribution in [2.75, 3.05) is 13.7 Å². The molecule has 0 atom stereocenters. The number of halogens is 1. The SMILES string of the molecule is Cc1nn(Cc2ccccc2)c(Cl)c1/C=C/C(=O)OCC(=O)N(C)Cc1ccccc1. The zero-order chi connectivity index (χ0) is 22.2. The van der Waals surface area contributed by atoms with E-state index in [2.05, 4.69) is 5.10 Å². The van der Waals surface area contributed by atoms with Gasteiger partial charge < -0.3 is 9.64 Å². The molecule has 3 rings (SSSR count). The normalized spacial score (nSPS) is 10.9. The number of carbonyl (C=O) groups is 2. The molecule has 2 aromatic carbocycles. The van der Waals surface area contributed by atoms with Gasteiger partial charge in [0.2, 0.25) is 0 Å². The van der Waals surface area contributed by atoms with Gasteiger partial charge in [-0.1, -0.05) is 72.3 Å². The summed E-state index contributed by atoms with van der Waals surface area (Å²) >= 11 is 6.45. The average Bonchev–Trinajstić information content (AvgIpc) is 3.04. The van der Waals surface area contributed by atoms with Crippen LogP contribution in [0.15, 0.2) is 66.7 Å². The molecule has 0 aliphatic carbocycles. The maximum atomic E-state index is 12.2. The monoisotopic (exact) mass is 437 g/mol. The lowest BCUT2D eigenvalue weighted by molar-refractivity contribution is -0.147. The molecule has 3 aromatic rings. The van der Waals surface area contributed by atoms with Gasteiger partial charge >= 0.3 is 5.97 Å². The third-order valence-electron chi connectivity index (χ3n) is 4.70. The smallest absolute Gasteiger partial charge is 0.331 e. The lowest BCUT2D eigenvalue weighted by Crippen LogP contribution is -2.30. The highest BCUT2D eigenvalue weighted by atomic mass is 35.5. The Morgan fingerprint density at radius 2 is 1.68 bits per heavy atom. The van der Waals surface area contributed by atoms with Crippen molar-refractivity contribution in [2.24, 2.45) is 0 Å². The second-order valence-electron chi connectivity index (χ2n) is 7.11. The Kier molecular flexibility index (Phi) is 7.62. The molecule has 0 unspecified atom stereocenters. The topological polar surface area (TPSA) is 64.4 Å². The average molecular weight is 438 g/mol. The predicted molar refractivity (Wildman–Crippen MR) is 120 cm³/mol. The van der Waals surface area contributed by atoms with Crippen LogP contribution < -0.4 is 0 Å². The molecule has 6 nitrogen and oxygen atoms in total. The van der Waals surface area contributed by atoms with Crippen molar-refractivity contribution in [1.29, 1.82) is 0 Å². The van der Waals surface area contributed by atoms with Crippen molar-refractivity contribution in [3.63, 3.8) is 0 Å². The van der Waals surface area contributed by atoms with Crippen LogP contribution in [-0.2, 0) is 27.4 Å². The van der Waals surface area contributed by atoms with Crippen molar-refractivity contribution in [3.05, 3.63) is 94.3 Å². The summed E-state index contributed by atoms with van der Waals surface area (Å²) in [4.78, 5) is 25.8. The van der Waals surface area contributed by atoms with Crippen LogP contribution >= 0.6 is 11.6 Å². The Labute approximate surface area is 186 Å². The third kappa shape index (κ3) is 6.30. The highest BCUT2D eigenvalue weighted by molar-refractivity contribution is 6.31. The molecule has 1 amide bonds. The summed E-state index contributed by atoms with van der Waals surface area (Å²) in [5, 5.41) is 4.88. The number of benzene rings is 2. The standard InChI is InChI=1S/C24H24ClN3O3/c1-18-21(24(25)28(26-18)16-20-11-7-4-8-12-20)13-14-23(30)31-17-22(29)27(2)15-19-9-5-3-6-10-19/h3-14H,15-17H2,1-2H3/b14-13+. The number of rotatable bonds is 8. The summed E-state index contributed by atoms with van der Waals surface area (Å²) < 4.78 is 6.76. The minimum Gasteiger partial charge on any atom is -0.452 e. The number of aromatic nitrogens is 2. The molecule has 160 valence electrons. The van der Waals surface area contributed by atoms with Gasteiger partial charge in [-0.3, -0.25) is 4.79 Å². The molecule has 0 N–H and O–H groups in total. The summed E-state index contributed by atoms with van der Waals surface area (Å²) in [6, 6.07) is 19.4. The maximum absolute atomic E-state index is 12.2. The molecule has 0 saturated carbocycles.